The summed E-state index contributed by atoms with van der Waals surface area (Å²) >= 11 is 0. The van der Waals surface area contributed by atoms with Crippen molar-refractivity contribution in [2.45, 2.75) is 20.0 Å². The summed E-state index contributed by atoms with van der Waals surface area (Å²) in [6.45, 7) is 4.48. The molecule has 0 aromatic heterocycles. The lowest BCUT2D eigenvalue weighted by Crippen LogP contribution is -2.15. The van der Waals surface area contributed by atoms with E-state index in [2.05, 4.69) is 0 Å². The van der Waals surface area contributed by atoms with Crippen LogP contribution in [0, 0.1) is 6.92 Å². The Morgan fingerprint density at radius 3 is 2.71 bits per heavy atom. The van der Waals surface area contributed by atoms with Crippen molar-refractivity contribution in [2.24, 2.45) is 0 Å². The van der Waals surface area contributed by atoms with E-state index in [0.29, 0.717) is 6.61 Å². The van der Waals surface area contributed by atoms with E-state index in [1.807, 2.05) is 32.0 Å². The predicted octanol–water partition coefficient (Wildman–Crippen LogP) is 1.99. The highest BCUT2D eigenvalue weighted by molar-refractivity contribution is 5.49. The number of hydrogen-bond donors (Lipinski definition) is 1. The molecule has 1 unspecified atom stereocenters. The van der Waals surface area contributed by atoms with Gasteiger partial charge in [0.05, 0.1) is 6.10 Å². The molecule has 78 valence electrons. The lowest BCUT2D eigenvalue weighted by atomic mass is 10.2. The van der Waals surface area contributed by atoms with Gasteiger partial charge < -0.3 is 15.2 Å². The fourth-order valence-corrected chi connectivity index (χ4v) is 1.02. The first-order valence-corrected chi connectivity index (χ1v) is 4.65. The van der Waals surface area contributed by atoms with E-state index < -0.39 is 0 Å². The molecule has 0 heterocycles. The molecule has 0 spiro atoms. The maximum absolute atomic E-state index is 5.69. The Morgan fingerprint density at radius 2 is 2.14 bits per heavy atom. The Morgan fingerprint density at radius 1 is 1.43 bits per heavy atom. The van der Waals surface area contributed by atoms with E-state index in [0.717, 1.165) is 17.0 Å². The molecule has 1 atom stereocenters. The van der Waals surface area contributed by atoms with Crippen molar-refractivity contribution in [2.75, 3.05) is 19.5 Å². The third kappa shape index (κ3) is 2.92. The van der Waals surface area contributed by atoms with Crippen LogP contribution in [0.2, 0.25) is 0 Å². The molecule has 0 saturated carbocycles. The van der Waals surface area contributed by atoms with Gasteiger partial charge in [0, 0.05) is 12.8 Å². The molecule has 0 amide bonds. The van der Waals surface area contributed by atoms with E-state index in [-0.39, 0.29) is 6.10 Å². The van der Waals surface area contributed by atoms with Gasteiger partial charge in [0.1, 0.15) is 12.4 Å². The van der Waals surface area contributed by atoms with Crippen molar-refractivity contribution in [1.82, 2.24) is 0 Å². The molecule has 1 aromatic carbocycles. The number of ether oxygens (including phenoxy) is 2. The minimum absolute atomic E-state index is 0.104. The fraction of sp³-hybridized carbons (Fsp3) is 0.455. The van der Waals surface area contributed by atoms with Crippen LogP contribution in [-0.2, 0) is 4.74 Å². The van der Waals surface area contributed by atoms with Crippen molar-refractivity contribution in [1.29, 1.82) is 0 Å². The van der Waals surface area contributed by atoms with Gasteiger partial charge in [-0.25, -0.2) is 0 Å². The maximum Gasteiger partial charge on any atom is 0.119 e. The minimum atomic E-state index is 0.104. The molecule has 1 aromatic rings. The first-order valence-electron chi connectivity index (χ1n) is 4.65. The molecule has 3 heteroatoms. The van der Waals surface area contributed by atoms with E-state index in [1.54, 1.807) is 7.11 Å². The summed E-state index contributed by atoms with van der Waals surface area (Å²) in [5, 5.41) is 0. The lowest BCUT2D eigenvalue weighted by Gasteiger charge is -2.12. The smallest absolute Gasteiger partial charge is 0.119 e. The molecule has 0 saturated heterocycles. The average molecular weight is 195 g/mol. The van der Waals surface area contributed by atoms with E-state index in [1.165, 1.54) is 0 Å². The highest BCUT2D eigenvalue weighted by atomic mass is 16.5. The van der Waals surface area contributed by atoms with Gasteiger partial charge in [0.15, 0.2) is 0 Å². The summed E-state index contributed by atoms with van der Waals surface area (Å²) in [5.41, 5.74) is 7.51. The monoisotopic (exact) mass is 195 g/mol. The largest absolute Gasteiger partial charge is 0.491 e. The van der Waals surface area contributed by atoms with Crippen molar-refractivity contribution >= 4 is 5.69 Å². The van der Waals surface area contributed by atoms with Crippen LogP contribution < -0.4 is 10.5 Å². The van der Waals surface area contributed by atoms with Crippen LogP contribution in [0.25, 0.3) is 0 Å². The Balaban J connectivity index is 2.55. The standard InChI is InChI=1S/C11H17NO2/c1-8-6-10(4-5-11(8)12)14-7-9(2)13-3/h4-6,9H,7,12H2,1-3H3. The van der Waals surface area contributed by atoms with Crippen LogP contribution in [-0.4, -0.2) is 19.8 Å². The number of methoxy groups -OCH3 is 1. The topological polar surface area (TPSA) is 44.5 Å². The molecule has 2 N–H and O–H groups in total. The van der Waals surface area contributed by atoms with Gasteiger partial charge in [-0.3, -0.25) is 0 Å². The normalized spacial score (nSPS) is 12.5. The number of benzene rings is 1. The molecule has 0 aliphatic rings. The first kappa shape index (κ1) is 10.9. The predicted molar refractivity (Wildman–Crippen MR) is 57.6 cm³/mol. The summed E-state index contributed by atoms with van der Waals surface area (Å²) in [5.74, 6) is 0.834. The summed E-state index contributed by atoms with van der Waals surface area (Å²) in [4.78, 5) is 0. The van der Waals surface area contributed by atoms with Crippen LogP contribution in [0.15, 0.2) is 18.2 Å². The maximum atomic E-state index is 5.69. The number of rotatable bonds is 4. The molecule has 1 rings (SSSR count). The summed E-state index contributed by atoms with van der Waals surface area (Å²) in [7, 11) is 1.67. The second kappa shape index (κ2) is 4.86. The third-order valence-electron chi connectivity index (χ3n) is 2.13. The van der Waals surface area contributed by atoms with Crippen LogP contribution in [0.4, 0.5) is 5.69 Å². The zero-order chi connectivity index (χ0) is 10.6. The molecule has 0 radical (unpaired) electrons. The lowest BCUT2D eigenvalue weighted by molar-refractivity contribution is 0.0716. The number of aryl methyl sites for hydroxylation is 1. The van der Waals surface area contributed by atoms with Gasteiger partial charge in [-0.05, 0) is 37.6 Å². The first-order chi connectivity index (χ1) is 6.63. The van der Waals surface area contributed by atoms with Gasteiger partial charge in [-0.15, -0.1) is 0 Å². The SMILES string of the molecule is COC(C)COc1ccc(N)c(C)c1. The zero-order valence-electron chi connectivity index (χ0n) is 8.91. The van der Waals surface area contributed by atoms with Gasteiger partial charge in [-0.2, -0.15) is 0 Å². The molecular weight excluding hydrogens is 178 g/mol. The molecule has 0 fully saturated rings. The molecule has 3 nitrogen and oxygen atoms in total. The van der Waals surface area contributed by atoms with Gasteiger partial charge in [0.25, 0.3) is 0 Å². The van der Waals surface area contributed by atoms with Crippen molar-refractivity contribution in [3.05, 3.63) is 23.8 Å². The summed E-state index contributed by atoms with van der Waals surface area (Å²) in [6, 6.07) is 5.64. The van der Waals surface area contributed by atoms with Crippen molar-refractivity contribution in [3.8, 4) is 5.75 Å². The Hall–Kier alpha value is -1.22. The van der Waals surface area contributed by atoms with Crippen LogP contribution in [0.5, 0.6) is 5.75 Å². The van der Waals surface area contributed by atoms with Crippen molar-refractivity contribution < 1.29 is 9.47 Å². The molecule has 0 aliphatic heterocycles. The second-order valence-corrected chi connectivity index (χ2v) is 3.38. The quantitative estimate of drug-likeness (QED) is 0.747. The number of hydrogen-bond acceptors (Lipinski definition) is 3. The van der Waals surface area contributed by atoms with Gasteiger partial charge in [-0.1, -0.05) is 0 Å². The summed E-state index contributed by atoms with van der Waals surface area (Å²) in [6.07, 6.45) is 0.104. The highest BCUT2D eigenvalue weighted by Gasteiger charge is 2.01. The van der Waals surface area contributed by atoms with E-state index in [9.17, 15) is 0 Å². The molecule has 0 bridgehead atoms. The van der Waals surface area contributed by atoms with E-state index in [4.69, 9.17) is 15.2 Å². The number of nitrogen functional groups attached to an aromatic ring is 1. The van der Waals surface area contributed by atoms with Crippen molar-refractivity contribution in [3.63, 3.8) is 0 Å². The van der Waals surface area contributed by atoms with Crippen LogP contribution in [0.1, 0.15) is 12.5 Å². The highest BCUT2D eigenvalue weighted by Crippen LogP contribution is 2.18. The van der Waals surface area contributed by atoms with Gasteiger partial charge >= 0.3 is 0 Å². The Kier molecular flexibility index (Phi) is 3.77. The zero-order valence-corrected chi connectivity index (χ0v) is 8.91. The number of anilines is 1. The van der Waals surface area contributed by atoms with Crippen LogP contribution in [0.3, 0.4) is 0 Å². The minimum Gasteiger partial charge on any atom is -0.491 e. The number of nitrogens with two attached hydrogens (primary N) is 1. The van der Waals surface area contributed by atoms with E-state index >= 15 is 0 Å². The molecule has 0 aliphatic carbocycles. The summed E-state index contributed by atoms with van der Waals surface area (Å²) < 4.78 is 10.6. The fourth-order valence-electron chi connectivity index (χ4n) is 1.02. The average Bonchev–Trinajstić information content (AvgIpc) is 2.19. The Labute approximate surface area is 84.8 Å². The Bertz CT molecular complexity index is 299. The molecule has 14 heavy (non-hydrogen) atoms. The second-order valence-electron chi connectivity index (χ2n) is 3.38. The molecular formula is C11H17NO2. The van der Waals surface area contributed by atoms with Crippen LogP contribution >= 0.6 is 0 Å². The van der Waals surface area contributed by atoms with Gasteiger partial charge in [0.2, 0.25) is 0 Å². The third-order valence-corrected chi connectivity index (χ3v) is 2.13.